The molecule has 1 aliphatic rings. The molecular weight excluding hydrogens is 270 g/mol. The van der Waals surface area contributed by atoms with Gasteiger partial charge in [-0.1, -0.05) is 11.8 Å². The molecule has 1 atom stereocenters. The van der Waals surface area contributed by atoms with Crippen LogP contribution in [-0.4, -0.2) is 51.0 Å². The highest BCUT2D eigenvalue weighted by Crippen LogP contribution is 2.36. The number of thioether (sulfide) groups is 1. The first-order chi connectivity index (χ1) is 9.11. The Morgan fingerprint density at radius 3 is 2.89 bits per heavy atom. The molecule has 1 heterocycles. The van der Waals surface area contributed by atoms with Crippen molar-refractivity contribution in [1.82, 2.24) is 25.5 Å². The van der Waals surface area contributed by atoms with E-state index in [0.717, 1.165) is 12.8 Å². The van der Waals surface area contributed by atoms with Gasteiger partial charge >= 0.3 is 5.97 Å². The van der Waals surface area contributed by atoms with E-state index in [1.54, 1.807) is 4.68 Å². The standard InChI is InChI=1S/C10H15N5O3S/c1-6(16)11-8(9(17)18-2)5-19-10-12-13-14-15(10)7-3-4-7/h7-8H,3-5H2,1-2H3,(H,11,16). The van der Waals surface area contributed by atoms with Gasteiger partial charge in [-0.2, -0.15) is 0 Å². The molecule has 0 radical (unpaired) electrons. The maximum atomic E-state index is 11.5. The van der Waals surface area contributed by atoms with Gasteiger partial charge in [-0.3, -0.25) is 4.79 Å². The summed E-state index contributed by atoms with van der Waals surface area (Å²) < 4.78 is 6.40. The third kappa shape index (κ3) is 3.66. The lowest BCUT2D eigenvalue weighted by molar-refractivity contribution is -0.144. The van der Waals surface area contributed by atoms with Crippen LogP contribution < -0.4 is 5.32 Å². The van der Waals surface area contributed by atoms with Crippen molar-refractivity contribution in [2.45, 2.75) is 37.0 Å². The molecule has 1 N–H and O–H groups in total. The number of esters is 1. The summed E-state index contributed by atoms with van der Waals surface area (Å²) in [6.07, 6.45) is 2.15. The lowest BCUT2D eigenvalue weighted by Gasteiger charge is -2.14. The van der Waals surface area contributed by atoms with Gasteiger partial charge in [0.1, 0.15) is 6.04 Å². The highest BCUT2D eigenvalue weighted by Gasteiger charge is 2.29. The number of aromatic nitrogens is 4. The highest BCUT2D eigenvalue weighted by molar-refractivity contribution is 7.99. The lowest BCUT2D eigenvalue weighted by Crippen LogP contribution is -2.42. The van der Waals surface area contributed by atoms with Crippen molar-refractivity contribution in [3.63, 3.8) is 0 Å². The maximum absolute atomic E-state index is 11.5. The molecule has 1 saturated carbocycles. The summed E-state index contributed by atoms with van der Waals surface area (Å²) in [6.45, 7) is 1.36. The van der Waals surface area contributed by atoms with Crippen LogP contribution in [0.5, 0.6) is 0 Å². The molecule has 1 aliphatic carbocycles. The van der Waals surface area contributed by atoms with Crippen molar-refractivity contribution >= 4 is 23.6 Å². The van der Waals surface area contributed by atoms with E-state index in [1.807, 2.05) is 0 Å². The van der Waals surface area contributed by atoms with Gasteiger partial charge in [0.25, 0.3) is 0 Å². The minimum Gasteiger partial charge on any atom is -0.467 e. The predicted octanol–water partition coefficient (Wildman–Crippen LogP) is -0.222. The van der Waals surface area contributed by atoms with E-state index in [-0.39, 0.29) is 5.91 Å². The van der Waals surface area contributed by atoms with Crippen LogP contribution in [-0.2, 0) is 14.3 Å². The number of carbonyl (C=O) groups excluding carboxylic acids is 2. The number of carbonyl (C=O) groups is 2. The fraction of sp³-hybridized carbons (Fsp3) is 0.700. The number of methoxy groups -OCH3 is 1. The van der Waals surface area contributed by atoms with E-state index in [1.165, 1.54) is 25.8 Å². The minimum absolute atomic E-state index is 0.280. The fourth-order valence-corrected chi connectivity index (χ4v) is 2.49. The van der Waals surface area contributed by atoms with Gasteiger partial charge in [-0.25, -0.2) is 9.48 Å². The van der Waals surface area contributed by atoms with Crippen molar-refractivity contribution in [2.24, 2.45) is 0 Å². The van der Waals surface area contributed by atoms with Crippen LogP contribution in [0.1, 0.15) is 25.8 Å². The third-order valence-electron chi connectivity index (χ3n) is 2.60. The van der Waals surface area contributed by atoms with Gasteiger partial charge < -0.3 is 10.1 Å². The number of ether oxygens (including phenoxy) is 1. The Morgan fingerprint density at radius 1 is 1.58 bits per heavy atom. The molecule has 1 amide bonds. The van der Waals surface area contributed by atoms with Gasteiger partial charge in [0.05, 0.1) is 13.2 Å². The first kappa shape index (κ1) is 13.8. The molecule has 2 rings (SSSR count). The van der Waals surface area contributed by atoms with E-state index in [4.69, 9.17) is 0 Å². The predicted molar refractivity (Wildman–Crippen MR) is 66.4 cm³/mol. The molecule has 0 saturated heterocycles. The topological polar surface area (TPSA) is 99.0 Å². The van der Waals surface area contributed by atoms with Crippen molar-refractivity contribution < 1.29 is 14.3 Å². The zero-order valence-corrected chi connectivity index (χ0v) is 11.5. The van der Waals surface area contributed by atoms with E-state index in [9.17, 15) is 9.59 Å². The second-order valence-corrected chi connectivity index (χ2v) is 5.21. The Kier molecular flexibility index (Phi) is 4.35. The first-order valence-corrected chi connectivity index (χ1v) is 6.86. The normalized spacial score (nSPS) is 15.9. The minimum atomic E-state index is -0.697. The Bertz CT molecular complexity index is 473. The largest absolute Gasteiger partial charge is 0.467 e. The van der Waals surface area contributed by atoms with Gasteiger partial charge in [0, 0.05) is 12.7 Å². The molecule has 0 aliphatic heterocycles. The van der Waals surface area contributed by atoms with Crippen LogP contribution in [0.2, 0.25) is 0 Å². The Labute approximate surface area is 114 Å². The van der Waals surface area contributed by atoms with E-state index < -0.39 is 12.0 Å². The molecule has 1 aromatic rings. The molecule has 0 spiro atoms. The molecule has 1 aromatic heterocycles. The van der Waals surface area contributed by atoms with E-state index >= 15 is 0 Å². The van der Waals surface area contributed by atoms with Crippen LogP contribution in [0.4, 0.5) is 0 Å². The number of hydrogen-bond donors (Lipinski definition) is 1. The van der Waals surface area contributed by atoms with Crippen LogP contribution in [0.15, 0.2) is 5.16 Å². The fourth-order valence-electron chi connectivity index (χ4n) is 1.54. The molecule has 104 valence electrons. The Hall–Kier alpha value is -1.64. The van der Waals surface area contributed by atoms with E-state index in [0.29, 0.717) is 17.0 Å². The second kappa shape index (κ2) is 6.00. The summed E-state index contributed by atoms with van der Waals surface area (Å²) in [6, 6.07) is -0.327. The van der Waals surface area contributed by atoms with Crippen LogP contribution in [0.25, 0.3) is 0 Å². The third-order valence-corrected chi connectivity index (χ3v) is 3.62. The van der Waals surface area contributed by atoms with E-state index in [2.05, 4.69) is 25.6 Å². The summed E-state index contributed by atoms with van der Waals surface area (Å²) in [4.78, 5) is 22.6. The van der Waals surface area contributed by atoms with Gasteiger partial charge in [0.2, 0.25) is 11.1 Å². The van der Waals surface area contributed by atoms with Gasteiger partial charge in [-0.05, 0) is 23.3 Å². The Morgan fingerprint density at radius 2 is 2.32 bits per heavy atom. The summed E-state index contributed by atoms with van der Waals surface area (Å²) in [5, 5.41) is 14.7. The van der Waals surface area contributed by atoms with Gasteiger partial charge in [0.15, 0.2) is 0 Å². The lowest BCUT2D eigenvalue weighted by atomic mass is 10.3. The smallest absolute Gasteiger partial charge is 0.329 e. The molecule has 9 heteroatoms. The molecule has 0 aromatic carbocycles. The van der Waals surface area contributed by atoms with Crippen LogP contribution in [0.3, 0.4) is 0 Å². The number of amides is 1. The monoisotopic (exact) mass is 285 g/mol. The van der Waals surface area contributed by atoms with Crippen molar-refractivity contribution in [3.05, 3.63) is 0 Å². The van der Waals surface area contributed by atoms with Gasteiger partial charge in [-0.15, -0.1) is 5.10 Å². The summed E-state index contributed by atoms with van der Waals surface area (Å²) in [5.41, 5.74) is 0. The number of hydrogen-bond acceptors (Lipinski definition) is 7. The first-order valence-electron chi connectivity index (χ1n) is 5.87. The molecular formula is C10H15N5O3S. The average Bonchev–Trinajstić information content (AvgIpc) is 3.12. The molecule has 1 unspecified atom stereocenters. The summed E-state index contributed by atoms with van der Waals surface area (Å²) in [5.74, 6) is -0.426. The zero-order valence-electron chi connectivity index (χ0n) is 10.7. The van der Waals surface area contributed by atoms with Crippen molar-refractivity contribution in [3.8, 4) is 0 Å². The average molecular weight is 285 g/mol. The second-order valence-electron chi connectivity index (χ2n) is 4.22. The number of nitrogens with one attached hydrogen (secondary N) is 1. The molecule has 1 fully saturated rings. The van der Waals surface area contributed by atoms with Crippen molar-refractivity contribution in [1.29, 1.82) is 0 Å². The maximum Gasteiger partial charge on any atom is 0.329 e. The number of tetrazole rings is 1. The number of rotatable bonds is 6. The molecule has 0 bridgehead atoms. The molecule has 8 nitrogen and oxygen atoms in total. The SMILES string of the molecule is COC(=O)C(CSc1nnnn1C1CC1)NC(C)=O. The van der Waals surface area contributed by atoms with Crippen molar-refractivity contribution in [2.75, 3.05) is 12.9 Å². The van der Waals surface area contributed by atoms with Crippen LogP contribution in [0, 0.1) is 0 Å². The quantitative estimate of drug-likeness (QED) is 0.569. The Balaban J connectivity index is 1.95. The zero-order chi connectivity index (χ0) is 13.8. The number of nitrogens with zero attached hydrogens (tertiary/aromatic N) is 4. The summed E-state index contributed by atoms with van der Waals surface area (Å²) in [7, 11) is 1.29. The highest BCUT2D eigenvalue weighted by atomic mass is 32.2. The van der Waals surface area contributed by atoms with Crippen LogP contribution >= 0.6 is 11.8 Å². The summed E-state index contributed by atoms with van der Waals surface area (Å²) >= 11 is 1.33. The molecule has 19 heavy (non-hydrogen) atoms.